The van der Waals surface area contributed by atoms with Crippen LogP contribution in [0.3, 0.4) is 0 Å². The highest BCUT2D eigenvalue weighted by atomic mass is 16.3. The van der Waals surface area contributed by atoms with Crippen LogP contribution in [0.15, 0.2) is 59.4 Å². The van der Waals surface area contributed by atoms with Crippen molar-refractivity contribution < 1.29 is 5.11 Å². The number of aliphatic hydroxyl groups excluding tert-OH is 1. The van der Waals surface area contributed by atoms with Crippen LogP contribution in [-0.4, -0.2) is 27.1 Å². The summed E-state index contributed by atoms with van der Waals surface area (Å²) in [5, 5.41) is 10.1. The minimum Gasteiger partial charge on any atom is -0.391 e. The normalized spacial score (nSPS) is 12.3. The number of para-hydroxylation sites is 1. The smallest absolute Gasteiger partial charge is 0.258 e. The minimum absolute atomic E-state index is 0.0813. The lowest BCUT2D eigenvalue weighted by atomic mass is 10.2. The summed E-state index contributed by atoms with van der Waals surface area (Å²) in [5.74, 6) is 0. The number of nitrogens with zero attached hydrogens (tertiary/aromatic N) is 3. The zero-order valence-corrected chi connectivity index (χ0v) is 14.6. The molecule has 0 bridgehead atoms. The minimum atomic E-state index is -0.427. The van der Waals surface area contributed by atoms with Crippen LogP contribution in [0, 0.1) is 6.92 Å². The van der Waals surface area contributed by atoms with E-state index in [1.54, 1.807) is 10.5 Å². The molecule has 0 amide bonds. The molecule has 1 unspecified atom stereocenters. The number of benzene rings is 1. The predicted octanol–water partition coefficient (Wildman–Crippen LogP) is 2.78. The van der Waals surface area contributed by atoms with Crippen LogP contribution in [0.1, 0.15) is 24.7 Å². The molecule has 130 valence electrons. The van der Waals surface area contributed by atoms with Crippen LogP contribution in [-0.2, 0) is 6.54 Å². The van der Waals surface area contributed by atoms with E-state index in [9.17, 15) is 9.90 Å². The Morgan fingerprint density at radius 2 is 1.92 bits per heavy atom. The molecule has 3 rings (SSSR count). The van der Waals surface area contributed by atoms with Crippen LogP contribution >= 0.6 is 0 Å². The molecule has 0 aliphatic carbocycles. The van der Waals surface area contributed by atoms with Gasteiger partial charge in [0, 0.05) is 24.0 Å². The zero-order chi connectivity index (χ0) is 17.8. The van der Waals surface area contributed by atoms with Gasteiger partial charge in [0.2, 0.25) is 0 Å². The highest BCUT2D eigenvalue weighted by Crippen LogP contribution is 2.17. The van der Waals surface area contributed by atoms with Gasteiger partial charge in [-0.15, -0.1) is 0 Å². The maximum atomic E-state index is 12.5. The SMILES string of the molecule is CCC(O)CN(Cc1cc(=O)n2c(C)cccc2n1)c1ccccc1. The fraction of sp³-hybridized carbons (Fsp3) is 0.300. The molecule has 1 aromatic carbocycles. The fourth-order valence-electron chi connectivity index (χ4n) is 2.92. The topological polar surface area (TPSA) is 57.8 Å². The lowest BCUT2D eigenvalue weighted by molar-refractivity contribution is 0.175. The monoisotopic (exact) mass is 337 g/mol. The number of fused-ring (bicyclic) bond motifs is 1. The maximum absolute atomic E-state index is 12.5. The van der Waals surface area contributed by atoms with Gasteiger partial charge in [0.15, 0.2) is 0 Å². The number of aryl methyl sites for hydroxylation is 1. The molecule has 5 heteroatoms. The Kier molecular flexibility index (Phi) is 5.14. The highest BCUT2D eigenvalue weighted by Gasteiger charge is 2.14. The van der Waals surface area contributed by atoms with Crippen molar-refractivity contribution in [2.75, 3.05) is 11.4 Å². The van der Waals surface area contributed by atoms with E-state index in [0.29, 0.717) is 30.9 Å². The Morgan fingerprint density at radius 3 is 2.64 bits per heavy atom. The van der Waals surface area contributed by atoms with E-state index in [4.69, 9.17) is 0 Å². The molecule has 0 aliphatic heterocycles. The quantitative estimate of drug-likeness (QED) is 0.751. The van der Waals surface area contributed by atoms with E-state index in [0.717, 1.165) is 11.4 Å². The largest absolute Gasteiger partial charge is 0.391 e. The average Bonchev–Trinajstić information content (AvgIpc) is 2.61. The second kappa shape index (κ2) is 7.49. The molecule has 0 fully saturated rings. The predicted molar refractivity (Wildman–Crippen MR) is 100.0 cm³/mol. The molecule has 0 saturated carbocycles. The van der Waals surface area contributed by atoms with Gasteiger partial charge in [-0.2, -0.15) is 0 Å². The number of anilines is 1. The van der Waals surface area contributed by atoms with Crippen LogP contribution in [0.25, 0.3) is 5.65 Å². The molecule has 1 N–H and O–H groups in total. The second-order valence-corrected chi connectivity index (χ2v) is 6.22. The number of rotatable bonds is 6. The lowest BCUT2D eigenvalue weighted by Gasteiger charge is -2.26. The third-order valence-electron chi connectivity index (χ3n) is 4.31. The Balaban J connectivity index is 1.96. The number of aliphatic hydroxyl groups is 1. The molecule has 0 radical (unpaired) electrons. The van der Waals surface area contributed by atoms with Gasteiger partial charge in [-0.05, 0) is 37.6 Å². The molecule has 1 atom stereocenters. The van der Waals surface area contributed by atoms with Crippen molar-refractivity contribution in [3.63, 3.8) is 0 Å². The van der Waals surface area contributed by atoms with Crippen molar-refractivity contribution in [3.05, 3.63) is 76.3 Å². The Labute approximate surface area is 147 Å². The lowest BCUT2D eigenvalue weighted by Crippen LogP contribution is -2.32. The molecular formula is C20H23N3O2. The molecule has 0 spiro atoms. The third kappa shape index (κ3) is 3.88. The van der Waals surface area contributed by atoms with Crippen LogP contribution in [0.4, 0.5) is 5.69 Å². The summed E-state index contributed by atoms with van der Waals surface area (Å²) in [6.45, 7) is 4.82. The molecular weight excluding hydrogens is 314 g/mol. The number of hydrogen-bond donors (Lipinski definition) is 1. The number of pyridine rings is 1. The van der Waals surface area contributed by atoms with Gasteiger partial charge < -0.3 is 10.0 Å². The molecule has 2 heterocycles. The second-order valence-electron chi connectivity index (χ2n) is 6.22. The molecule has 0 aliphatic rings. The van der Waals surface area contributed by atoms with E-state index in [2.05, 4.69) is 9.88 Å². The van der Waals surface area contributed by atoms with Gasteiger partial charge in [-0.25, -0.2) is 4.98 Å². The Bertz CT molecular complexity index is 906. The van der Waals surface area contributed by atoms with Gasteiger partial charge in [-0.1, -0.05) is 31.2 Å². The first-order valence-electron chi connectivity index (χ1n) is 8.55. The Morgan fingerprint density at radius 1 is 1.16 bits per heavy atom. The molecule has 25 heavy (non-hydrogen) atoms. The van der Waals surface area contributed by atoms with Crippen molar-refractivity contribution in [1.82, 2.24) is 9.38 Å². The van der Waals surface area contributed by atoms with Gasteiger partial charge >= 0.3 is 0 Å². The number of aromatic nitrogens is 2. The first-order chi connectivity index (χ1) is 12.1. The van der Waals surface area contributed by atoms with Crippen molar-refractivity contribution in [3.8, 4) is 0 Å². The summed E-state index contributed by atoms with van der Waals surface area (Å²) in [7, 11) is 0. The molecule has 2 aromatic heterocycles. The van der Waals surface area contributed by atoms with Crippen molar-refractivity contribution >= 4 is 11.3 Å². The number of hydrogen-bond acceptors (Lipinski definition) is 4. The van der Waals surface area contributed by atoms with E-state index in [1.807, 2.05) is 62.4 Å². The highest BCUT2D eigenvalue weighted by molar-refractivity contribution is 5.47. The van der Waals surface area contributed by atoms with Gasteiger partial charge in [-0.3, -0.25) is 9.20 Å². The molecule has 5 nitrogen and oxygen atoms in total. The summed E-state index contributed by atoms with van der Waals surface area (Å²) >= 11 is 0. The summed E-state index contributed by atoms with van der Waals surface area (Å²) in [6.07, 6.45) is 0.250. The van der Waals surface area contributed by atoms with Gasteiger partial charge in [0.25, 0.3) is 5.56 Å². The summed E-state index contributed by atoms with van der Waals surface area (Å²) < 4.78 is 1.61. The summed E-state index contributed by atoms with van der Waals surface area (Å²) in [5.41, 5.74) is 3.13. The summed E-state index contributed by atoms with van der Waals surface area (Å²) in [4.78, 5) is 19.2. The first-order valence-corrected chi connectivity index (χ1v) is 8.55. The average molecular weight is 337 g/mol. The van der Waals surface area contributed by atoms with E-state index in [1.165, 1.54) is 0 Å². The fourth-order valence-corrected chi connectivity index (χ4v) is 2.92. The van der Waals surface area contributed by atoms with Gasteiger partial charge in [0.05, 0.1) is 18.3 Å². The zero-order valence-electron chi connectivity index (χ0n) is 14.6. The summed E-state index contributed by atoms with van der Waals surface area (Å²) in [6, 6.07) is 17.1. The van der Waals surface area contributed by atoms with Crippen LogP contribution in [0.5, 0.6) is 0 Å². The first kappa shape index (κ1) is 17.2. The van der Waals surface area contributed by atoms with E-state index in [-0.39, 0.29) is 5.56 Å². The third-order valence-corrected chi connectivity index (χ3v) is 4.31. The van der Waals surface area contributed by atoms with E-state index < -0.39 is 6.10 Å². The van der Waals surface area contributed by atoms with Crippen LogP contribution < -0.4 is 10.5 Å². The van der Waals surface area contributed by atoms with Crippen LogP contribution in [0.2, 0.25) is 0 Å². The van der Waals surface area contributed by atoms with Crippen molar-refractivity contribution in [1.29, 1.82) is 0 Å². The standard InChI is InChI=1S/C20H23N3O2/c1-3-18(24)14-22(17-9-5-4-6-10-17)13-16-12-20(25)23-15(2)8-7-11-19(23)21-16/h4-12,18,24H,3,13-14H2,1-2H3. The van der Waals surface area contributed by atoms with Crippen molar-refractivity contribution in [2.24, 2.45) is 0 Å². The Hall–Kier alpha value is -2.66. The maximum Gasteiger partial charge on any atom is 0.258 e. The van der Waals surface area contributed by atoms with Gasteiger partial charge in [0.1, 0.15) is 5.65 Å². The molecule has 3 aromatic rings. The molecule has 0 saturated heterocycles. The van der Waals surface area contributed by atoms with E-state index >= 15 is 0 Å². The van der Waals surface area contributed by atoms with Crippen molar-refractivity contribution in [2.45, 2.75) is 32.9 Å².